The number of nitrogens with zero attached hydrogens (tertiary/aromatic N) is 3. The van der Waals surface area contributed by atoms with Crippen LogP contribution in [-0.2, 0) is 17.0 Å². The van der Waals surface area contributed by atoms with Crippen molar-refractivity contribution in [1.29, 1.82) is 0 Å². The van der Waals surface area contributed by atoms with Gasteiger partial charge in [0.15, 0.2) is 0 Å². The number of aromatic nitrogens is 1. The number of phenolic OH excluding ortho intramolecular Hbond substituents is 1. The number of benzene rings is 1. The average Bonchev–Trinajstić information content (AvgIpc) is 2.91. The van der Waals surface area contributed by atoms with Crippen molar-refractivity contribution in [2.45, 2.75) is 0 Å². The molecule has 0 aliphatic heterocycles. The van der Waals surface area contributed by atoms with Gasteiger partial charge in [-0.1, -0.05) is 12.1 Å². The molecule has 6 nitrogen and oxygen atoms in total. The van der Waals surface area contributed by atoms with Crippen LogP contribution in [0.1, 0.15) is 5.69 Å². The molecule has 1 aromatic heterocycles. The number of hydrogen-bond donors (Lipinski definition) is 1. The van der Waals surface area contributed by atoms with Crippen LogP contribution in [0.3, 0.4) is 0 Å². The predicted molar refractivity (Wildman–Crippen MR) is 73.5 cm³/mol. The van der Waals surface area contributed by atoms with E-state index in [-0.39, 0.29) is 17.1 Å². The number of aliphatic imine (C=N–C) groups is 1. The third kappa shape index (κ3) is 5.34. The van der Waals surface area contributed by atoms with Crippen LogP contribution in [-0.4, -0.2) is 16.2 Å². The standard InChI is InChI=1S/C11H8N3O3.2ClH.Ti/c15-11-4-3-9(14(16)17)6-10(11)13-7-8-2-1-5-12-8;;;/h1-7H,(H-,12,13,15);2*1H;/q-1;;;+2/p-2. The Bertz CT molecular complexity index is 591. The molecule has 0 atom stereocenters. The van der Waals surface area contributed by atoms with Crippen molar-refractivity contribution in [2.75, 3.05) is 0 Å². The number of halogens is 2. The van der Waals surface area contributed by atoms with Gasteiger partial charge in [-0.25, -0.2) is 0 Å². The van der Waals surface area contributed by atoms with Crippen LogP contribution in [0, 0.1) is 10.1 Å². The van der Waals surface area contributed by atoms with Gasteiger partial charge in [-0.15, -0.1) is 5.69 Å². The third-order valence-corrected chi connectivity index (χ3v) is 2.08. The van der Waals surface area contributed by atoms with E-state index in [9.17, 15) is 15.2 Å². The molecule has 1 heterocycles. The summed E-state index contributed by atoms with van der Waals surface area (Å²) in [5.41, 5.74) is 0.642. The Labute approximate surface area is 131 Å². The van der Waals surface area contributed by atoms with Gasteiger partial charge < -0.3 is 10.1 Å². The maximum atomic E-state index is 10.6. The molecule has 0 fully saturated rings. The van der Waals surface area contributed by atoms with Gasteiger partial charge in [-0.05, 0) is 6.07 Å². The molecule has 9 heteroatoms. The van der Waals surface area contributed by atoms with E-state index in [1.807, 2.05) is 0 Å². The first-order chi connectivity index (χ1) is 9.58. The number of non-ortho nitro benzene ring substituents is 1. The first-order valence-corrected chi connectivity index (χ1v) is 9.43. The van der Waals surface area contributed by atoms with Gasteiger partial charge in [0, 0.05) is 18.3 Å². The Kier molecular flexibility index (Phi) is 7.32. The van der Waals surface area contributed by atoms with Crippen LogP contribution in [0.4, 0.5) is 11.4 Å². The third-order valence-electron chi connectivity index (χ3n) is 2.08. The minimum absolute atomic E-state index is 0.113. The van der Waals surface area contributed by atoms with Crippen LogP contribution in [0.15, 0.2) is 41.5 Å². The van der Waals surface area contributed by atoms with Crippen molar-refractivity contribution in [3.05, 3.63) is 52.3 Å². The normalized spacial score (nSPS) is 9.90. The van der Waals surface area contributed by atoms with Gasteiger partial charge in [-0.3, -0.25) is 15.1 Å². The molecule has 0 aliphatic carbocycles. The van der Waals surface area contributed by atoms with E-state index in [4.69, 9.17) is 18.6 Å². The van der Waals surface area contributed by atoms with E-state index in [1.165, 1.54) is 24.4 Å². The Morgan fingerprint density at radius 1 is 1.40 bits per heavy atom. The maximum absolute atomic E-state index is 10.6. The number of nitro groups is 1. The van der Waals surface area contributed by atoms with E-state index in [0.29, 0.717) is 5.69 Å². The number of nitro benzene ring substituents is 1. The van der Waals surface area contributed by atoms with Gasteiger partial charge in [-0.2, -0.15) is 6.20 Å². The molecule has 104 valence electrons. The molecule has 0 unspecified atom stereocenters. The Morgan fingerprint density at radius 3 is 2.65 bits per heavy atom. The van der Waals surface area contributed by atoms with Gasteiger partial charge >= 0.3 is 35.6 Å². The second-order valence-corrected chi connectivity index (χ2v) is 5.90. The summed E-state index contributed by atoms with van der Waals surface area (Å²) in [4.78, 5) is 17.9. The van der Waals surface area contributed by atoms with Crippen molar-refractivity contribution >= 4 is 36.2 Å². The van der Waals surface area contributed by atoms with Crippen LogP contribution < -0.4 is 4.98 Å². The van der Waals surface area contributed by atoms with Crippen molar-refractivity contribution in [2.24, 2.45) is 4.99 Å². The van der Waals surface area contributed by atoms with E-state index in [1.54, 1.807) is 18.3 Å². The van der Waals surface area contributed by atoms with Crippen LogP contribution in [0.5, 0.6) is 5.75 Å². The molecule has 0 radical (unpaired) electrons. The summed E-state index contributed by atoms with van der Waals surface area (Å²) >= 11 is -0.556. The monoisotopic (exact) mass is 348 g/mol. The van der Waals surface area contributed by atoms with Crippen molar-refractivity contribution in [3.8, 4) is 5.75 Å². The van der Waals surface area contributed by atoms with E-state index < -0.39 is 22.0 Å². The van der Waals surface area contributed by atoms with E-state index in [2.05, 4.69) is 9.98 Å². The molecular weight excluding hydrogens is 341 g/mol. The van der Waals surface area contributed by atoms with E-state index in [0.717, 1.165) is 0 Å². The minimum atomic E-state index is -0.556. The molecule has 0 amide bonds. The van der Waals surface area contributed by atoms with Crippen LogP contribution >= 0.6 is 18.6 Å². The second kappa shape index (κ2) is 8.76. The number of phenols is 1. The summed E-state index contributed by atoms with van der Waals surface area (Å²) in [6, 6.07) is 7.14. The molecule has 20 heavy (non-hydrogen) atoms. The van der Waals surface area contributed by atoms with Gasteiger partial charge in [0.05, 0.1) is 4.92 Å². The first-order valence-electron chi connectivity index (χ1n) is 5.14. The summed E-state index contributed by atoms with van der Waals surface area (Å²) in [5.74, 6) is -0.113. The van der Waals surface area contributed by atoms with Crippen LogP contribution in [0.2, 0.25) is 0 Å². The summed E-state index contributed by atoms with van der Waals surface area (Å²) < 4.78 is 0. The van der Waals surface area contributed by atoms with E-state index >= 15 is 0 Å². The fraction of sp³-hybridized carbons (Fsp3) is 0. The number of aromatic hydroxyl groups is 1. The molecule has 1 N–H and O–H groups in total. The summed E-state index contributed by atoms with van der Waals surface area (Å²) in [6.07, 6.45) is 3.04. The molecule has 0 aliphatic rings. The fourth-order valence-corrected chi connectivity index (χ4v) is 1.25. The zero-order valence-corrected chi connectivity index (χ0v) is 13.0. The zero-order chi connectivity index (χ0) is 15.0. The van der Waals surface area contributed by atoms with Crippen LogP contribution in [0.25, 0.3) is 0 Å². The molecule has 0 saturated carbocycles. The summed E-state index contributed by atoms with van der Waals surface area (Å²) in [5, 5.41) is 20.0. The molecule has 1 aromatic carbocycles. The van der Waals surface area contributed by atoms with Gasteiger partial charge in [0.2, 0.25) is 0 Å². The SMILES string of the molecule is O=[N+]([O-])c1ccc(O)c(N=Cc2ccc[n-]2)c1.[Cl][Ti][Cl]. The van der Waals surface area contributed by atoms with Crippen molar-refractivity contribution < 1.29 is 27.1 Å². The molecule has 0 spiro atoms. The number of hydrogen-bond acceptors (Lipinski definition) is 4. The summed E-state index contributed by atoms with van der Waals surface area (Å²) in [6.45, 7) is 0. The molecule has 0 saturated heterocycles. The Morgan fingerprint density at radius 2 is 2.10 bits per heavy atom. The predicted octanol–water partition coefficient (Wildman–Crippen LogP) is 3.38. The zero-order valence-electron chi connectivity index (χ0n) is 9.90. The number of rotatable bonds is 3. The Balaban J connectivity index is 0.000000612. The molecule has 2 rings (SSSR count). The second-order valence-electron chi connectivity index (χ2n) is 3.32. The Hall–Kier alpha value is -1.34. The fourth-order valence-electron chi connectivity index (χ4n) is 1.25. The average molecular weight is 349 g/mol. The summed E-state index contributed by atoms with van der Waals surface area (Å²) in [7, 11) is 9.78. The first kappa shape index (κ1) is 16.7. The van der Waals surface area contributed by atoms with Crippen molar-refractivity contribution in [3.63, 3.8) is 0 Å². The molecule has 2 aromatic rings. The van der Waals surface area contributed by atoms with Crippen molar-refractivity contribution in [1.82, 2.24) is 4.98 Å². The molecular formula is C11H8Cl2N3O3Ti-. The van der Waals surface area contributed by atoms with Gasteiger partial charge in [0.25, 0.3) is 5.69 Å². The topological polar surface area (TPSA) is 89.8 Å². The quantitative estimate of drug-likeness (QED) is 0.398. The van der Waals surface area contributed by atoms with Gasteiger partial charge in [0.1, 0.15) is 11.4 Å². The molecule has 0 bridgehead atoms.